The molecule has 16 heavy (non-hydrogen) atoms. The Kier molecular flexibility index (Phi) is 4.81. The lowest BCUT2D eigenvalue weighted by molar-refractivity contribution is 0.0101. The maximum atomic E-state index is 6.08. The molecular formula is C14H30N2. The van der Waals surface area contributed by atoms with Gasteiger partial charge < -0.3 is 5.73 Å². The van der Waals surface area contributed by atoms with Gasteiger partial charge in [0.1, 0.15) is 0 Å². The van der Waals surface area contributed by atoms with Gasteiger partial charge in [-0.05, 0) is 37.6 Å². The Balaban J connectivity index is 2.77. The quantitative estimate of drug-likeness (QED) is 0.781. The van der Waals surface area contributed by atoms with Gasteiger partial charge in [0.15, 0.2) is 0 Å². The van der Waals surface area contributed by atoms with Crippen molar-refractivity contribution in [2.24, 2.45) is 11.1 Å². The molecule has 0 saturated carbocycles. The lowest BCUT2D eigenvalue weighted by atomic mass is 9.79. The Morgan fingerprint density at radius 3 is 2.44 bits per heavy atom. The number of piperidine rings is 1. The Morgan fingerprint density at radius 2 is 2.00 bits per heavy atom. The van der Waals surface area contributed by atoms with Crippen LogP contribution in [0.1, 0.15) is 59.8 Å². The van der Waals surface area contributed by atoms with E-state index in [9.17, 15) is 0 Å². The Bertz CT molecular complexity index is 207. The molecule has 0 aromatic carbocycles. The summed E-state index contributed by atoms with van der Waals surface area (Å²) in [4.78, 5) is 2.68. The molecule has 1 atom stereocenters. The van der Waals surface area contributed by atoms with E-state index in [-0.39, 0.29) is 5.54 Å². The molecule has 1 saturated heterocycles. The first-order chi connectivity index (χ1) is 7.49. The number of likely N-dealkylation sites (tertiary alicyclic amines) is 1. The highest BCUT2D eigenvalue weighted by atomic mass is 15.2. The van der Waals surface area contributed by atoms with Gasteiger partial charge in [0.25, 0.3) is 0 Å². The van der Waals surface area contributed by atoms with E-state index in [1.165, 1.54) is 45.2 Å². The van der Waals surface area contributed by atoms with Crippen LogP contribution in [0.3, 0.4) is 0 Å². The third-order valence-electron chi connectivity index (χ3n) is 4.32. The zero-order valence-corrected chi connectivity index (χ0v) is 11.7. The predicted molar refractivity (Wildman–Crippen MR) is 71.6 cm³/mol. The van der Waals surface area contributed by atoms with Crippen LogP contribution in [0.4, 0.5) is 0 Å². The molecule has 0 bridgehead atoms. The summed E-state index contributed by atoms with van der Waals surface area (Å²) < 4.78 is 0. The Labute approximate surface area is 102 Å². The molecule has 0 aromatic rings. The average molecular weight is 226 g/mol. The van der Waals surface area contributed by atoms with Gasteiger partial charge in [0.05, 0.1) is 0 Å². The second-order valence-corrected chi connectivity index (χ2v) is 6.22. The highest BCUT2D eigenvalue weighted by Crippen LogP contribution is 2.35. The van der Waals surface area contributed by atoms with Crippen LogP contribution in [0.25, 0.3) is 0 Å². The average Bonchev–Trinajstić information content (AvgIpc) is 2.24. The molecule has 1 aliphatic heterocycles. The van der Waals surface area contributed by atoms with Crippen molar-refractivity contribution < 1.29 is 0 Å². The van der Waals surface area contributed by atoms with Crippen LogP contribution in [0.15, 0.2) is 0 Å². The zero-order valence-electron chi connectivity index (χ0n) is 11.7. The van der Waals surface area contributed by atoms with Crippen LogP contribution in [-0.2, 0) is 0 Å². The number of nitrogens with zero attached hydrogens (tertiary/aromatic N) is 1. The van der Waals surface area contributed by atoms with E-state index in [0.717, 1.165) is 6.54 Å². The molecule has 1 rings (SSSR count). The molecule has 0 aromatic heterocycles. The fraction of sp³-hybridized carbons (Fsp3) is 1.00. The van der Waals surface area contributed by atoms with Gasteiger partial charge in [-0.25, -0.2) is 0 Å². The van der Waals surface area contributed by atoms with Gasteiger partial charge in [0.2, 0.25) is 0 Å². The first-order valence-corrected chi connectivity index (χ1v) is 6.95. The van der Waals surface area contributed by atoms with Gasteiger partial charge in [-0.1, -0.05) is 34.1 Å². The van der Waals surface area contributed by atoms with E-state index in [1.54, 1.807) is 0 Å². The monoisotopic (exact) mass is 226 g/mol. The lowest BCUT2D eigenvalue weighted by Gasteiger charge is -2.49. The molecule has 1 unspecified atom stereocenters. The minimum absolute atomic E-state index is 0.270. The second-order valence-electron chi connectivity index (χ2n) is 6.22. The van der Waals surface area contributed by atoms with Crippen molar-refractivity contribution >= 4 is 0 Å². The van der Waals surface area contributed by atoms with E-state index in [0.29, 0.717) is 5.41 Å². The molecule has 96 valence electrons. The molecule has 1 heterocycles. The van der Waals surface area contributed by atoms with Crippen molar-refractivity contribution in [1.82, 2.24) is 4.90 Å². The zero-order chi connectivity index (χ0) is 12.2. The summed E-state index contributed by atoms with van der Waals surface area (Å²) in [6.07, 6.45) is 6.37. The second kappa shape index (κ2) is 5.50. The molecular weight excluding hydrogens is 196 g/mol. The number of hydrogen-bond acceptors (Lipinski definition) is 2. The largest absolute Gasteiger partial charge is 0.329 e. The molecule has 1 fully saturated rings. The summed E-state index contributed by atoms with van der Waals surface area (Å²) in [7, 11) is 0. The van der Waals surface area contributed by atoms with E-state index in [2.05, 4.69) is 32.6 Å². The molecule has 0 radical (unpaired) electrons. The minimum atomic E-state index is 0.270. The van der Waals surface area contributed by atoms with E-state index >= 15 is 0 Å². The summed E-state index contributed by atoms with van der Waals surface area (Å²) in [5, 5.41) is 0. The molecule has 0 aliphatic carbocycles. The Morgan fingerprint density at radius 1 is 1.31 bits per heavy atom. The van der Waals surface area contributed by atoms with Crippen LogP contribution < -0.4 is 5.73 Å². The normalized spacial score (nSPS) is 25.3. The summed E-state index contributed by atoms with van der Waals surface area (Å²) >= 11 is 0. The van der Waals surface area contributed by atoms with Gasteiger partial charge in [0, 0.05) is 18.6 Å². The molecule has 2 N–H and O–H groups in total. The van der Waals surface area contributed by atoms with Crippen LogP contribution in [-0.4, -0.2) is 30.1 Å². The van der Waals surface area contributed by atoms with Crippen molar-refractivity contribution in [3.63, 3.8) is 0 Å². The van der Waals surface area contributed by atoms with Gasteiger partial charge >= 0.3 is 0 Å². The van der Waals surface area contributed by atoms with Crippen LogP contribution in [0.5, 0.6) is 0 Å². The standard InChI is InChI=1S/C14H30N2/c1-5-8-14(6-2,11-15)16-10-7-9-13(3,4)12-16/h5-12,15H2,1-4H3. The fourth-order valence-corrected chi connectivity index (χ4v) is 3.23. The van der Waals surface area contributed by atoms with Crippen molar-refractivity contribution in [1.29, 1.82) is 0 Å². The van der Waals surface area contributed by atoms with Crippen LogP contribution >= 0.6 is 0 Å². The highest BCUT2D eigenvalue weighted by molar-refractivity contribution is 4.94. The van der Waals surface area contributed by atoms with E-state index in [1.807, 2.05) is 0 Å². The van der Waals surface area contributed by atoms with Crippen LogP contribution in [0, 0.1) is 5.41 Å². The maximum absolute atomic E-state index is 6.08. The molecule has 2 heteroatoms. The number of nitrogens with two attached hydrogens (primary N) is 1. The molecule has 0 amide bonds. The summed E-state index contributed by atoms with van der Waals surface area (Å²) in [6.45, 7) is 12.6. The van der Waals surface area contributed by atoms with Crippen molar-refractivity contribution in [3.05, 3.63) is 0 Å². The van der Waals surface area contributed by atoms with Gasteiger partial charge in [-0.2, -0.15) is 0 Å². The van der Waals surface area contributed by atoms with Crippen molar-refractivity contribution in [2.45, 2.75) is 65.3 Å². The number of rotatable bonds is 5. The Hall–Kier alpha value is -0.0800. The topological polar surface area (TPSA) is 29.3 Å². The first-order valence-electron chi connectivity index (χ1n) is 6.95. The van der Waals surface area contributed by atoms with Crippen LogP contribution in [0.2, 0.25) is 0 Å². The molecule has 1 aliphatic rings. The smallest absolute Gasteiger partial charge is 0.0329 e. The van der Waals surface area contributed by atoms with E-state index < -0.39 is 0 Å². The fourth-order valence-electron chi connectivity index (χ4n) is 3.23. The SMILES string of the molecule is CCCC(CC)(CN)N1CCCC(C)(C)C1. The molecule has 2 nitrogen and oxygen atoms in total. The van der Waals surface area contributed by atoms with Gasteiger partial charge in [-0.3, -0.25) is 4.90 Å². The third kappa shape index (κ3) is 2.98. The lowest BCUT2D eigenvalue weighted by Crippen LogP contribution is -2.58. The summed E-state index contributed by atoms with van der Waals surface area (Å²) in [5.74, 6) is 0. The summed E-state index contributed by atoms with van der Waals surface area (Å²) in [5.41, 5.74) is 6.83. The van der Waals surface area contributed by atoms with Crippen molar-refractivity contribution in [3.8, 4) is 0 Å². The summed E-state index contributed by atoms with van der Waals surface area (Å²) in [6, 6.07) is 0. The van der Waals surface area contributed by atoms with Crippen molar-refractivity contribution in [2.75, 3.05) is 19.6 Å². The third-order valence-corrected chi connectivity index (χ3v) is 4.32. The van der Waals surface area contributed by atoms with E-state index in [4.69, 9.17) is 5.73 Å². The highest BCUT2D eigenvalue weighted by Gasteiger charge is 2.38. The molecule has 0 spiro atoms. The first kappa shape index (κ1) is 14.0. The predicted octanol–water partition coefficient (Wildman–Crippen LogP) is 3.02. The van der Waals surface area contributed by atoms with Gasteiger partial charge in [-0.15, -0.1) is 0 Å². The minimum Gasteiger partial charge on any atom is -0.329 e. The number of hydrogen-bond donors (Lipinski definition) is 1. The maximum Gasteiger partial charge on any atom is 0.0329 e.